The van der Waals surface area contributed by atoms with Crippen LogP contribution in [0.25, 0.3) is 0 Å². The number of Topliss-reactive ketones (excluding diaryl/α,β-unsaturated/α-hetero) is 1. The van der Waals surface area contributed by atoms with E-state index in [9.17, 15) is 19.2 Å². The smallest absolute Gasteiger partial charge is 0.247 e. The van der Waals surface area contributed by atoms with Crippen LogP contribution in [0.2, 0.25) is 0 Å². The largest absolute Gasteiger partial charge is 0.324 e. The van der Waals surface area contributed by atoms with Crippen molar-refractivity contribution in [2.24, 2.45) is 0 Å². The lowest BCUT2D eigenvalue weighted by molar-refractivity contribution is -0.144. The Morgan fingerprint density at radius 3 is 2.29 bits per heavy atom. The SMILES string of the molecule is CC(=O)c1ccccc1NC(=O)C(C)N1C(=O)CCC1=O. The standard InChI is InChI=1S/C15H16N2O4/c1-9(17-13(19)7-8-14(17)20)15(21)16-12-6-4-3-5-11(12)10(2)18/h3-6,9H,7-8H2,1-2H3,(H,16,21). The third-order valence-electron chi connectivity index (χ3n) is 3.42. The fourth-order valence-corrected chi connectivity index (χ4v) is 2.28. The first-order valence-corrected chi connectivity index (χ1v) is 6.67. The summed E-state index contributed by atoms with van der Waals surface area (Å²) in [6.07, 6.45) is 0.279. The van der Waals surface area contributed by atoms with Crippen LogP contribution in [0.4, 0.5) is 5.69 Å². The molecule has 1 heterocycles. The van der Waals surface area contributed by atoms with Gasteiger partial charge in [-0.1, -0.05) is 12.1 Å². The van der Waals surface area contributed by atoms with Gasteiger partial charge in [0.25, 0.3) is 0 Å². The van der Waals surface area contributed by atoms with Gasteiger partial charge in [0, 0.05) is 18.4 Å². The van der Waals surface area contributed by atoms with E-state index in [-0.39, 0.29) is 30.4 Å². The van der Waals surface area contributed by atoms with E-state index in [0.717, 1.165) is 4.90 Å². The van der Waals surface area contributed by atoms with Gasteiger partial charge in [0.05, 0.1) is 5.69 Å². The monoisotopic (exact) mass is 288 g/mol. The summed E-state index contributed by atoms with van der Waals surface area (Å²) in [7, 11) is 0. The Bertz CT molecular complexity index is 608. The van der Waals surface area contributed by atoms with Crippen molar-refractivity contribution >= 4 is 29.2 Å². The highest BCUT2D eigenvalue weighted by Crippen LogP contribution is 2.19. The molecule has 3 amide bonds. The van der Waals surface area contributed by atoms with Crippen LogP contribution < -0.4 is 5.32 Å². The number of para-hydroxylation sites is 1. The number of ketones is 1. The van der Waals surface area contributed by atoms with Crippen LogP contribution in [-0.2, 0) is 14.4 Å². The normalized spacial score (nSPS) is 16.0. The van der Waals surface area contributed by atoms with Crippen molar-refractivity contribution in [3.63, 3.8) is 0 Å². The van der Waals surface area contributed by atoms with E-state index in [1.54, 1.807) is 24.3 Å². The molecule has 1 N–H and O–H groups in total. The first-order chi connectivity index (χ1) is 9.91. The van der Waals surface area contributed by atoms with Crippen LogP contribution in [-0.4, -0.2) is 34.4 Å². The van der Waals surface area contributed by atoms with E-state index in [0.29, 0.717) is 11.3 Å². The second kappa shape index (κ2) is 5.87. The van der Waals surface area contributed by atoms with Crippen LogP contribution in [0, 0.1) is 0 Å². The number of carbonyl (C=O) groups is 4. The average Bonchev–Trinajstić information content (AvgIpc) is 2.77. The molecule has 0 saturated carbocycles. The molecular weight excluding hydrogens is 272 g/mol. The highest BCUT2D eigenvalue weighted by molar-refractivity contribution is 6.09. The topological polar surface area (TPSA) is 83.6 Å². The Kier molecular flexibility index (Phi) is 4.16. The highest BCUT2D eigenvalue weighted by atomic mass is 16.2. The highest BCUT2D eigenvalue weighted by Gasteiger charge is 2.36. The number of benzene rings is 1. The van der Waals surface area contributed by atoms with E-state index >= 15 is 0 Å². The van der Waals surface area contributed by atoms with E-state index in [1.807, 2.05) is 0 Å². The van der Waals surface area contributed by atoms with Crippen molar-refractivity contribution in [3.8, 4) is 0 Å². The fraction of sp³-hybridized carbons (Fsp3) is 0.333. The van der Waals surface area contributed by atoms with Gasteiger partial charge in [0.15, 0.2) is 5.78 Å². The molecule has 1 saturated heterocycles. The number of rotatable bonds is 4. The minimum absolute atomic E-state index is 0.139. The quantitative estimate of drug-likeness (QED) is 0.670. The second-order valence-electron chi connectivity index (χ2n) is 4.92. The van der Waals surface area contributed by atoms with Gasteiger partial charge in [-0.25, -0.2) is 0 Å². The van der Waals surface area contributed by atoms with Crippen LogP contribution >= 0.6 is 0 Å². The molecule has 0 aliphatic carbocycles. The Morgan fingerprint density at radius 1 is 1.14 bits per heavy atom. The van der Waals surface area contributed by atoms with Crippen LogP contribution in [0.1, 0.15) is 37.0 Å². The van der Waals surface area contributed by atoms with Gasteiger partial charge in [-0.2, -0.15) is 0 Å². The van der Waals surface area contributed by atoms with Crippen molar-refractivity contribution in [1.29, 1.82) is 0 Å². The van der Waals surface area contributed by atoms with E-state index in [2.05, 4.69) is 5.32 Å². The molecule has 1 aliphatic heterocycles. The van der Waals surface area contributed by atoms with Gasteiger partial charge in [-0.15, -0.1) is 0 Å². The van der Waals surface area contributed by atoms with Gasteiger partial charge in [-0.3, -0.25) is 24.1 Å². The molecule has 0 aromatic heterocycles. The van der Waals surface area contributed by atoms with E-state index < -0.39 is 11.9 Å². The lowest BCUT2D eigenvalue weighted by Crippen LogP contribution is -2.45. The zero-order valence-electron chi connectivity index (χ0n) is 11.9. The van der Waals surface area contributed by atoms with Gasteiger partial charge in [0.2, 0.25) is 17.7 Å². The third-order valence-corrected chi connectivity index (χ3v) is 3.42. The summed E-state index contributed by atoms with van der Waals surface area (Å²) in [5, 5.41) is 2.60. The lowest BCUT2D eigenvalue weighted by atomic mass is 10.1. The molecule has 1 aromatic rings. The Morgan fingerprint density at radius 2 is 1.71 bits per heavy atom. The molecule has 1 aliphatic rings. The van der Waals surface area contributed by atoms with Crippen LogP contribution in [0.3, 0.4) is 0 Å². The zero-order valence-corrected chi connectivity index (χ0v) is 11.9. The number of amides is 3. The number of nitrogens with one attached hydrogen (secondary N) is 1. The zero-order chi connectivity index (χ0) is 15.6. The maximum atomic E-state index is 12.2. The molecule has 2 rings (SSSR count). The number of imide groups is 1. The summed E-state index contributed by atoms with van der Waals surface area (Å²) >= 11 is 0. The fourth-order valence-electron chi connectivity index (χ4n) is 2.28. The van der Waals surface area contributed by atoms with E-state index in [1.165, 1.54) is 13.8 Å². The first-order valence-electron chi connectivity index (χ1n) is 6.67. The summed E-state index contributed by atoms with van der Waals surface area (Å²) in [5.41, 5.74) is 0.762. The number of likely N-dealkylation sites (tertiary alicyclic amines) is 1. The maximum absolute atomic E-state index is 12.2. The number of carbonyl (C=O) groups excluding carboxylic acids is 4. The lowest BCUT2D eigenvalue weighted by Gasteiger charge is -2.22. The molecule has 6 heteroatoms. The molecule has 1 aromatic carbocycles. The average molecular weight is 288 g/mol. The summed E-state index contributed by atoms with van der Waals surface area (Å²) in [6, 6.07) is 5.71. The molecule has 6 nitrogen and oxygen atoms in total. The Hall–Kier alpha value is -2.50. The molecule has 1 fully saturated rings. The third kappa shape index (κ3) is 2.99. The molecular formula is C15H16N2O4. The number of hydrogen-bond donors (Lipinski definition) is 1. The maximum Gasteiger partial charge on any atom is 0.247 e. The van der Waals surface area contributed by atoms with Crippen LogP contribution in [0.5, 0.6) is 0 Å². The van der Waals surface area contributed by atoms with Crippen molar-refractivity contribution in [3.05, 3.63) is 29.8 Å². The molecule has 0 radical (unpaired) electrons. The molecule has 21 heavy (non-hydrogen) atoms. The minimum atomic E-state index is -0.896. The van der Waals surface area contributed by atoms with Crippen molar-refractivity contribution in [2.45, 2.75) is 32.7 Å². The predicted octanol–water partition coefficient (Wildman–Crippen LogP) is 1.37. The summed E-state index contributed by atoms with van der Waals surface area (Å²) in [4.78, 5) is 47.9. The summed E-state index contributed by atoms with van der Waals surface area (Å²) in [6.45, 7) is 2.90. The van der Waals surface area contributed by atoms with Gasteiger partial charge in [-0.05, 0) is 26.0 Å². The first kappa shape index (κ1) is 14.9. The molecule has 1 unspecified atom stereocenters. The van der Waals surface area contributed by atoms with Crippen molar-refractivity contribution in [1.82, 2.24) is 4.90 Å². The molecule has 0 bridgehead atoms. The molecule has 0 spiro atoms. The number of hydrogen-bond acceptors (Lipinski definition) is 4. The number of nitrogens with zero attached hydrogens (tertiary/aromatic N) is 1. The second-order valence-corrected chi connectivity index (χ2v) is 4.92. The Labute approximate surface area is 122 Å². The van der Waals surface area contributed by atoms with Gasteiger partial charge < -0.3 is 5.32 Å². The molecule has 110 valence electrons. The van der Waals surface area contributed by atoms with E-state index in [4.69, 9.17) is 0 Å². The Balaban J connectivity index is 2.17. The predicted molar refractivity (Wildman–Crippen MR) is 75.6 cm³/mol. The summed E-state index contributed by atoms with van der Waals surface area (Å²) < 4.78 is 0. The van der Waals surface area contributed by atoms with Crippen molar-refractivity contribution in [2.75, 3.05) is 5.32 Å². The van der Waals surface area contributed by atoms with Gasteiger partial charge >= 0.3 is 0 Å². The minimum Gasteiger partial charge on any atom is -0.324 e. The number of anilines is 1. The molecule has 1 atom stereocenters. The van der Waals surface area contributed by atoms with Gasteiger partial charge in [0.1, 0.15) is 6.04 Å². The van der Waals surface area contributed by atoms with Crippen LogP contribution in [0.15, 0.2) is 24.3 Å². The van der Waals surface area contributed by atoms with Crippen molar-refractivity contribution < 1.29 is 19.2 Å². The summed E-state index contributed by atoms with van der Waals surface area (Å²) in [5.74, 6) is -1.36.